The van der Waals surface area contributed by atoms with Crippen molar-refractivity contribution in [3.8, 4) is 0 Å². The maximum absolute atomic E-state index is 11.2. The molecule has 0 saturated heterocycles. The van der Waals surface area contributed by atoms with Gasteiger partial charge in [-0.1, -0.05) is 6.07 Å². The first-order valence-electron chi connectivity index (χ1n) is 4.72. The lowest BCUT2D eigenvalue weighted by Crippen LogP contribution is -2.28. The lowest BCUT2D eigenvalue weighted by Gasteiger charge is -2.19. The van der Waals surface area contributed by atoms with Crippen molar-refractivity contribution in [2.75, 3.05) is 0 Å². The smallest absolute Gasteiger partial charge is 0.238 e. The Morgan fingerprint density at radius 1 is 1.40 bits per heavy atom. The van der Waals surface area contributed by atoms with Crippen molar-refractivity contribution in [3.05, 3.63) is 29.3 Å². The van der Waals surface area contributed by atoms with Crippen LogP contribution in [0.4, 0.5) is 0 Å². The number of fused-ring (bicyclic) bond motifs is 1. The molecule has 1 aromatic rings. The second kappa shape index (κ2) is 3.04. The Morgan fingerprint density at radius 2 is 2.07 bits per heavy atom. The summed E-state index contributed by atoms with van der Waals surface area (Å²) in [4.78, 5) is 0.181. The summed E-state index contributed by atoms with van der Waals surface area (Å²) in [6, 6.07) is 5.03. The van der Waals surface area contributed by atoms with Crippen molar-refractivity contribution in [3.63, 3.8) is 0 Å². The van der Waals surface area contributed by atoms with Gasteiger partial charge in [-0.25, -0.2) is 13.6 Å². The van der Waals surface area contributed by atoms with Crippen LogP contribution in [0.5, 0.6) is 0 Å². The number of hydrogen-bond acceptors (Lipinski definition) is 3. The summed E-state index contributed by atoms with van der Waals surface area (Å²) in [5, 5.41) is 8.37. The summed E-state index contributed by atoms with van der Waals surface area (Å²) in [6.07, 6.45) is 0. The summed E-state index contributed by atoms with van der Waals surface area (Å²) in [6.45, 7) is 4.82. The Balaban J connectivity index is 2.56. The van der Waals surface area contributed by atoms with E-state index in [-0.39, 0.29) is 10.4 Å². The summed E-state index contributed by atoms with van der Waals surface area (Å²) >= 11 is 0. The Kier molecular flexibility index (Phi) is 2.15. The predicted molar refractivity (Wildman–Crippen MR) is 57.7 cm³/mol. The highest BCUT2D eigenvalue weighted by Gasteiger charge is 2.29. The van der Waals surface area contributed by atoms with E-state index >= 15 is 0 Å². The lowest BCUT2D eigenvalue weighted by atomic mass is 9.95. The first kappa shape index (κ1) is 10.6. The van der Waals surface area contributed by atoms with Gasteiger partial charge in [-0.3, -0.25) is 0 Å². The molecule has 1 aliphatic heterocycles. The van der Waals surface area contributed by atoms with Crippen LogP contribution < -0.4 is 10.5 Å². The highest BCUT2D eigenvalue weighted by Crippen LogP contribution is 2.31. The van der Waals surface area contributed by atoms with Crippen LogP contribution in [0.25, 0.3) is 0 Å². The molecule has 0 aliphatic carbocycles. The topological polar surface area (TPSA) is 72.2 Å². The van der Waals surface area contributed by atoms with Gasteiger partial charge in [-0.15, -0.1) is 0 Å². The third-order valence-corrected chi connectivity index (χ3v) is 3.71. The van der Waals surface area contributed by atoms with Gasteiger partial charge in [-0.2, -0.15) is 0 Å². The molecule has 1 aromatic carbocycles. The molecule has 3 N–H and O–H groups in total. The van der Waals surface area contributed by atoms with E-state index < -0.39 is 10.0 Å². The molecule has 82 valence electrons. The molecule has 0 bridgehead atoms. The Bertz CT molecular complexity index is 506. The fourth-order valence-electron chi connectivity index (χ4n) is 1.91. The van der Waals surface area contributed by atoms with Crippen LogP contribution in [0.3, 0.4) is 0 Å². The fourth-order valence-corrected chi connectivity index (χ4v) is 2.48. The molecular weight excluding hydrogens is 212 g/mol. The molecule has 0 saturated carbocycles. The summed E-state index contributed by atoms with van der Waals surface area (Å²) in [5.41, 5.74) is 2.05. The molecule has 1 aliphatic rings. The van der Waals surface area contributed by atoms with Crippen LogP contribution in [-0.2, 0) is 22.1 Å². The monoisotopic (exact) mass is 226 g/mol. The summed E-state index contributed by atoms with van der Waals surface area (Å²) in [7, 11) is -3.59. The zero-order chi connectivity index (χ0) is 11.3. The van der Waals surface area contributed by atoms with Crippen molar-refractivity contribution >= 4 is 10.0 Å². The number of rotatable bonds is 1. The molecule has 5 heteroatoms. The molecule has 0 amide bonds. The minimum absolute atomic E-state index is 0.0910. The van der Waals surface area contributed by atoms with Gasteiger partial charge in [0.25, 0.3) is 0 Å². The molecule has 4 nitrogen and oxygen atoms in total. The largest absolute Gasteiger partial charge is 0.304 e. The van der Waals surface area contributed by atoms with Gasteiger partial charge in [-0.05, 0) is 37.1 Å². The molecule has 2 rings (SSSR count). The number of nitrogens with one attached hydrogen (secondary N) is 1. The Labute approximate surface area is 89.5 Å². The van der Waals surface area contributed by atoms with E-state index in [9.17, 15) is 8.42 Å². The number of benzene rings is 1. The second-order valence-electron chi connectivity index (χ2n) is 4.34. The van der Waals surface area contributed by atoms with Crippen LogP contribution in [0.1, 0.15) is 25.0 Å². The highest BCUT2D eigenvalue weighted by atomic mass is 32.2. The van der Waals surface area contributed by atoms with Crippen LogP contribution >= 0.6 is 0 Å². The van der Waals surface area contributed by atoms with E-state index in [4.69, 9.17) is 5.14 Å². The van der Waals surface area contributed by atoms with E-state index in [1.165, 1.54) is 0 Å². The van der Waals surface area contributed by atoms with Crippen molar-refractivity contribution in [1.29, 1.82) is 0 Å². The van der Waals surface area contributed by atoms with Crippen molar-refractivity contribution in [1.82, 2.24) is 5.32 Å². The zero-order valence-corrected chi connectivity index (χ0v) is 9.56. The fraction of sp³-hybridized carbons (Fsp3) is 0.400. The first-order chi connectivity index (χ1) is 6.81. The van der Waals surface area contributed by atoms with Crippen molar-refractivity contribution in [2.24, 2.45) is 5.14 Å². The van der Waals surface area contributed by atoms with Crippen LogP contribution in [-0.4, -0.2) is 8.42 Å². The number of sulfonamides is 1. The molecule has 0 spiro atoms. The Morgan fingerprint density at radius 3 is 2.67 bits per heavy atom. The van der Waals surface area contributed by atoms with Gasteiger partial charge >= 0.3 is 0 Å². The SMILES string of the molecule is CC1(C)NCc2cc(S(N)(=O)=O)ccc21. The molecule has 0 radical (unpaired) electrons. The second-order valence-corrected chi connectivity index (χ2v) is 5.90. The van der Waals surface area contributed by atoms with Gasteiger partial charge in [0.2, 0.25) is 10.0 Å². The van der Waals surface area contributed by atoms with Crippen LogP contribution in [0.15, 0.2) is 23.1 Å². The average molecular weight is 226 g/mol. The third kappa shape index (κ3) is 1.78. The van der Waals surface area contributed by atoms with Gasteiger partial charge < -0.3 is 5.32 Å². The maximum Gasteiger partial charge on any atom is 0.238 e. The van der Waals surface area contributed by atoms with E-state index in [1.807, 2.05) is 6.07 Å². The molecule has 0 fully saturated rings. The zero-order valence-electron chi connectivity index (χ0n) is 8.74. The molecule has 0 unspecified atom stereocenters. The summed E-state index contributed by atoms with van der Waals surface area (Å²) in [5.74, 6) is 0. The van der Waals surface area contributed by atoms with E-state index in [2.05, 4.69) is 19.2 Å². The van der Waals surface area contributed by atoms with Gasteiger partial charge in [0, 0.05) is 12.1 Å². The predicted octanol–water partition coefficient (Wildman–Crippen LogP) is 0.672. The van der Waals surface area contributed by atoms with E-state index in [0.717, 1.165) is 11.1 Å². The number of nitrogens with two attached hydrogens (primary N) is 1. The normalized spacial score (nSPS) is 18.9. The lowest BCUT2D eigenvalue weighted by molar-refractivity contribution is 0.442. The molecule has 0 atom stereocenters. The van der Waals surface area contributed by atoms with Crippen LogP contribution in [0, 0.1) is 0 Å². The van der Waals surface area contributed by atoms with Gasteiger partial charge in [0.15, 0.2) is 0 Å². The maximum atomic E-state index is 11.2. The van der Waals surface area contributed by atoms with Gasteiger partial charge in [0.05, 0.1) is 4.90 Å². The van der Waals surface area contributed by atoms with Crippen molar-refractivity contribution in [2.45, 2.75) is 30.8 Å². The number of hydrogen-bond donors (Lipinski definition) is 2. The third-order valence-electron chi connectivity index (χ3n) is 2.80. The highest BCUT2D eigenvalue weighted by molar-refractivity contribution is 7.89. The molecule has 1 heterocycles. The minimum atomic E-state index is -3.59. The van der Waals surface area contributed by atoms with Crippen molar-refractivity contribution < 1.29 is 8.42 Å². The quantitative estimate of drug-likeness (QED) is 0.739. The average Bonchev–Trinajstić information content (AvgIpc) is 2.41. The minimum Gasteiger partial charge on any atom is -0.304 e. The Hall–Kier alpha value is -0.910. The first-order valence-corrected chi connectivity index (χ1v) is 6.26. The standard InChI is InChI=1S/C10H14N2O2S/c1-10(2)9-4-3-8(15(11,13)14)5-7(9)6-12-10/h3-5,12H,6H2,1-2H3,(H2,11,13,14). The van der Waals surface area contributed by atoms with E-state index in [1.54, 1.807) is 12.1 Å². The molecule has 15 heavy (non-hydrogen) atoms. The summed E-state index contributed by atoms with van der Waals surface area (Å²) < 4.78 is 22.3. The van der Waals surface area contributed by atoms with E-state index in [0.29, 0.717) is 6.54 Å². The molecule has 0 aromatic heterocycles. The van der Waals surface area contributed by atoms with Gasteiger partial charge in [0.1, 0.15) is 0 Å². The van der Waals surface area contributed by atoms with Crippen LogP contribution in [0.2, 0.25) is 0 Å². The number of primary sulfonamides is 1. The molecular formula is C10H14N2O2S.